The number of aryl methyl sites for hydroxylation is 1. The van der Waals surface area contributed by atoms with Crippen molar-refractivity contribution in [2.75, 3.05) is 17.7 Å². The van der Waals surface area contributed by atoms with E-state index in [-0.39, 0.29) is 0 Å². The highest BCUT2D eigenvalue weighted by molar-refractivity contribution is 5.57. The zero-order chi connectivity index (χ0) is 13.8. The third-order valence-electron chi connectivity index (χ3n) is 4.02. The molecule has 0 aliphatic heterocycles. The summed E-state index contributed by atoms with van der Waals surface area (Å²) in [7, 11) is 1.92. The van der Waals surface area contributed by atoms with Gasteiger partial charge in [0.05, 0.1) is 0 Å². The lowest BCUT2D eigenvalue weighted by molar-refractivity contribution is 0.358. The number of nitrogens with zero attached hydrogens (tertiary/aromatic N) is 2. The molecule has 0 bridgehead atoms. The van der Waals surface area contributed by atoms with Crippen molar-refractivity contribution in [3.05, 3.63) is 11.4 Å². The molecule has 1 aromatic rings. The Hall–Kier alpha value is -1.32. The van der Waals surface area contributed by atoms with E-state index in [1.54, 1.807) is 0 Å². The monoisotopic (exact) mass is 262 g/mol. The molecular weight excluding hydrogens is 236 g/mol. The summed E-state index contributed by atoms with van der Waals surface area (Å²) in [5.41, 5.74) is 1.12. The molecule has 0 radical (unpaired) electrons. The highest BCUT2D eigenvalue weighted by Gasteiger charge is 2.20. The normalized spacial score (nSPS) is 23.2. The molecule has 19 heavy (non-hydrogen) atoms. The van der Waals surface area contributed by atoms with Gasteiger partial charge in [0.15, 0.2) is 0 Å². The van der Waals surface area contributed by atoms with Gasteiger partial charge in [-0.1, -0.05) is 26.7 Å². The number of aromatic nitrogens is 2. The lowest BCUT2D eigenvalue weighted by Gasteiger charge is -2.28. The van der Waals surface area contributed by atoms with Gasteiger partial charge in [-0.2, -0.15) is 0 Å². The molecule has 2 unspecified atom stereocenters. The molecule has 0 spiro atoms. The second-order valence-corrected chi connectivity index (χ2v) is 5.68. The van der Waals surface area contributed by atoms with E-state index >= 15 is 0 Å². The molecular formula is C15H26N4. The van der Waals surface area contributed by atoms with Gasteiger partial charge in [-0.15, -0.1) is 0 Å². The predicted octanol–water partition coefficient (Wildman–Crippen LogP) is 3.38. The average molecular weight is 262 g/mol. The van der Waals surface area contributed by atoms with Crippen molar-refractivity contribution in [2.24, 2.45) is 5.92 Å². The van der Waals surface area contributed by atoms with Gasteiger partial charge in [-0.05, 0) is 25.7 Å². The largest absolute Gasteiger partial charge is 0.373 e. The molecule has 1 aliphatic carbocycles. The Morgan fingerprint density at radius 2 is 1.95 bits per heavy atom. The van der Waals surface area contributed by atoms with Crippen LogP contribution in [-0.4, -0.2) is 23.1 Å². The fourth-order valence-corrected chi connectivity index (χ4v) is 2.86. The Labute approximate surface area is 116 Å². The summed E-state index contributed by atoms with van der Waals surface area (Å²) in [6.07, 6.45) is 6.06. The van der Waals surface area contributed by atoms with Crippen molar-refractivity contribution in [1.82, 2.24) is 9.97 Å². The lowest BCUT2D eigenvalue weighted by atomic mass is 9.87. The van der Waals surface area contributed by atoms with Crippen LogP contribution in [0.4, 0.5) is 11.6 Å². The second kappa shape index (κ2) is 6.22. The van der Waals surface area contributed by atoms with Gasteiger partial charge in [-0.3, -0.25) is 0 Å². The summed E-state index contributed by atoms with van der Waals surface area (Å²) in [6.45, 7) is 6.52. The Morgan fingerprint density at radius 3 is 2.58 bits per heavy atom. The molecule has 2 rings (SSSR count). The molecule has 1 aromatic heterocycles. The third kappa shape index (κ3) is 3.37. The summed E-state index contributed by atoms with van der Waals surface area (Å²) in [6, 6.07) is 0.562. The minimum Gasteiger partial charge on any atom is -0.373 e. The standard InChI is InChI=1S/C15H26N4/c1-5-13-18-14(16-4)11(3)15(19-13)17-12-8-6-7-10(2)9-12/h10,12H,5-9H2,1-4H3,(H2,16,17,18,19). The summed E-state index contributed by atoms with van der Waals surface area (Å²) >= 11 is 0. The molecule has 0 saturated heterocycles. The van der Waals surface area contributed by atoms with Crippen molar-refractivity contribution in [3.8, 4) is 0 Å². The van der Waals surface area contributed by atoms with Gasteiger partial charge in [0, 0.05) is 25.1 Å². The van der Waals surface area contributed by atoms with Gasteiger partial charge in [-0.25, -0.2) is 9.97 Å². The van der Waals surface area contributed by atoms with Crippen LogP contribution in [0, 0.1) is 12.8 Å². The molecule has 4 nitrogen and oxygen atoms in total. The molecule has 4 heteroatoms. The summed E-state index contributed by atoms with van der Waals surface area (Å²) in [5.74, 6) is 3.68. The first-order valence-electron chi connectivity index (χ1n) is 7.45. The van der Waals surface area contributed by atoms with Crippen molar-refractivity contribution in [3.63, 3.8) is 0 Å². The Bertz CT molecular complexity index is 430. The third-order valence-corrected chi connectivity index (χ3v) is 4.02. The highest BCUT2D eigenvalue weighted by atomic mass is 15.1. The van der Waals surface area contributed by atoms with Crippen LogP contribution in [-0.2, 0) is 6.42 Å². The van der Waals surface area contributed by atoms with Crippen LogP contribution in [0.25, 0.3) is 0 Å². The molecule has 1 saturated carbocycles. The highest BCUT2D eigenvalue weighted by Crippen LogP contribution is 2.28. The van der Waals surface area contributed by atoms with Crippen LogP contribution >= 0.6 is 0 Å². The van der Waals surface area contributed by atoms with Gasteiger partial charge in [0.1, 0.15) is 17.5 Å². The van der Waals surface area contributed by atoms with Crippen molar-refractivity contribution in [2.45, 2.75) is 58.9 Å². The van der Waals surface area contributed by atoms with E-state index in [9.17, 15) is 0 Å². The van der Waals surface area contributed by atoms with Crippen molar-refractivity contribution >= 4 is 11.6 Å². The van der Waals surface area contributed by atoms with E-state index in [1.807, 2.05) is 7.05 Å². The van der Waals surface area contributed by atoms with Crippen molar-refractivity contribution < 1.29 is 0 Å². The van der Waals surface area contributed by atoms with Gasteiger partial charge in [0.25, 0.3) is 0 Å². The average Bonchev–Trinajstić information content (AvgIpc) is 2.41. The fraction of sp³-hybridized carbons (Fsp3) is 0.733. The van der Waals surface area contributed by atoms with Crippen LogP contribution in [0.2, 0.25) is 0 Å². The first-order chi connectivity index (χ1) is 9.13. The molecule has 1 heterocycles. The maximum absolute atomic E-state index is 4.66. The zero-order valence-electron chi connectivity index (χ0n) is 12.6. The van der Waals surface area contributed by atoms with E-state index in [0.29, 0.717) is 6.04 Å². The molecule has 2 atom stereocenters. The van der Waals surface area contributed by atoms with E-state index < -0.39 is 0 Å². The molecule has 1 aliphatic rings. The molecule has 2 N–H and O–H groups in total. The quantitative estimate of drug-likeness (QED) is 0.873. The predicted molar refractivity (Wildman–Crippen MR) is 80.7 cm³/mol. The number of rotatable bonds is 4. The maximum Gasteiger partial charge on any atom is 0.134 e. The smallest absolute Gasteiger partial charge is 0.134 e. The fourth-order valence-electron chi connectivity index (χ4n) is 2.86. The number of nitrogens with one attached hydrogen (secondary N) is 2. The maximum atomic E-state index is 4.66. The number of hydrogen-bond donors (Lipinski definition) is 2. The molecule has 0 aromatic carbocycles. The minimum absolute atomic E-state index is 0.562. The van der Waals surface area contributed by atoms with Gasteiger partial charge in [0.2, 0.25) is 0 Å². The van der Waals surface area contributed by atoms with Gasteiger partial charge < -0.3 is 10.6 Å². The minimum atomic E-state index is 0.562. The second-order valence-electron chi connectivity index (χ2n) is 5.68. The first-order valence-corrected chi connectivity index (χ1v) is 7.45. The Balaban J connectivity index is 2.18. The summed E-state index contributed by atoms with van der Waals surface area (Å²) < 4.78 is 0. The first kappa shape index (κ1) is 14.1. The van der Waals surface area contributed by atoms with Crippen molar-refractivity contribution in [1.29, 1.82) is 0 Å². The van der Waals surface area contributed by atoms with Crippen LogP contribution in [0.15, 0.2) is 0 Å². The number of anilines is 2. The van der Waals surface area contributed by atoms with E-state index in [4.69, 9.17) is 0 Å². The lowest BCUT2D eigenvalue weighted by Crippen LogP contribution is -2.27. The van der Waals surface area contributed by atoms with E-state index in [0.717, 1.165) is 35.4 Å². The topological polar surface area (TPSA) is 49.8 Å². The molecule has 1 fully saturated rings. The van der Waals surface area contributed by atoms with Crippen LogP contribution in [0.5, 0.6) is 0 Å². The Kier molecular flexibility index (Phi) is 4.61. The SMILES string of the molecule is CCc1nc(NC)c(C)c(NC2CCCC(C)C2)n1. The van der Waals surface area contributed by atoms with E-state index in [2.05, 4.69) is 41.4 Å². The van der Waals surface area contributed by atoms with Gasteiger partial charge >= 0.3 is 0 Å². The zero-order valence-corrected chi connectivity index (χ0v) is 12.6. The van der Waals surface area contributed by atoms with E-state index in [1.165, 1.54) is 25.7 Å². The van der Waals surface area contributed by atoms with Crippen LogP contribution in [0.1, 0.15) is 50.9 Å². The molecule has 106 valence electrons. The summed E-state index contributed by atoms with van der Waals surface area (Å²) in [4.78, 5) is 9.17. The van der Waals surface area contributed by atoms with Crippen LogP contribution < -0.4 is 10.6 Å². The Morgan fingerprint density at radius 1 is 1.21 bits per heavy atom. The molecule has 0 amide bonds. The summed E-state index contributed by atoms with van der Waals surface area (Å²) in [5, 5.41) is 6.80. The van der Waals surface area contributed by atoms with Crippen LogP contribution in [0.3, 0.4) is 0 Å². The number of hydrogen-bond acceptors (Lipinski definition) is 4.